The van der Waals surface area contributed by atoms with Gasteiger partial charge in [-0.15, -0.1) is 0 Å². The molecule has 122 valence electrons. The normalized spacial score (nSPS) is 18.7. The Morgan fingerprint density at radius 3 is 2.76 bits per heavy atom. The van der Waals surface area contributed by atoms with Crippen LogP contribution in [0.4, 0.5) is 0 Å². The van der Waals surface area contributed by atoms with Gasteiger partial charge in [0.1, 0.15) is 0 Å². The van der Waals surface area contributed by atoms with Gasteiger partial charge in [-0.3, -0.25) is 9.59 Å². The van der Waals surface area contributed by atoms with Gasteiger partial charge in [0.2, 0.25) is 5.91 Å². The highest BCUT2D eigenvalue weighted by Gasteiger charge is 2.24. The van der Waals surface area contributed by atoms with Crippen molar-refractivity contribution in [2.45, 2.75) is 52.1 Å². The van der Waals surface area contributed by atoms with E-state index in [1.165, 1.54) is 0 Å². The highest BCUT2D eigenvalue weighted by Crippen LogP contribution is 2.24. The Morgan fingerprint density at radius 2 is 2.14 bits per heavy atom. The number of carbonyl (C=O) groups excluding carboxylic acids is 1. The van der Waals surface area contributed by atoms with Crippen LogP contribution in [-0.2, 0) is 19.1 Å². The molecule has 0 saturated carbocycles. The summed E-state index contributed by atoms with van der Waals surface area (Å²) in [6, 6.07) is 0. The topological polar surface area (TPSA) is 84.9 Å². The fourth-order valence-electron chi connectivity index (χ4n) is 2.36. The molecule has 0 spiro atoms. The minimum atomic E-state index is -0.879. The van der Waals surface area contributed by atoms with Crippen molar-refractivity contribution in [3.63, 3.8) is 0 Å². The van der Waals surface area contributed by atoms with Crippen LogP contribution >= 0.6 is 0 Å². The number of hydrogen-bond acceptors (Lipinski definition) is 4. The number of ether oxygens (including phenoxy) is 2. The van der Waals surface area contributed by atoms with Crippen LogP contribution in [0.2, 0.25) is 0 Å². The van der Waals surface area contributed by atoms with Crippen molar-refractivity contribution in [3.8, 4) is 0 Å². The SMILES string of the molecule is CC(C)(CC(=O)O)CC(=O)NCCCOCC1CCCO1. The fourth-order valence-corrected chi connectivity index (χ4v) is 2.36. The summed E-state index contributed by atoms with van der Waals surface area (Å²) >= 11 is 0. The Balaban J connectivity index is 2.01. The van der Waals surface area contributed by atoms with E-state index in [1.807, 2.05) is 0 Å². The van der Waals surface area contributed by atoms with Gasteiger partial charge in [-0.2, -0.15) is 0 Å². The molecule has 21 heavy (non-hydrogen) atoms. The molecular weight excluding hydrogens is 274 g/mol. The van der Waals surface area contributed by atoms with Crippen LogP contribution in [0, 0.1) is 5.41 Å². The van der Waals surface area contributed by atoms with Crippen molar-refractivity contribution >= 4 is 11.9 Å². The average molecular weight is 301 g/mol. The average Bonchev–Trinajstić information content (AvgIpc) is 2.84. The van der Waals surface area contributed by atoms with E-state index in [0.29, 0.717) is 19.8 Å². The zero-order valence-electron chi connectivity index (χ0n) is 13.0. The molecule has 2 N–H and O–H groups in total. The Morgan fingerprint density at radius 1 is 1.38 bits per heavy atom. The molecule has 1 rings (SSSR count). The maximum atomic E-state index is 11.7. The number of amides is 1. The van der Waals surface area contributed by atoms with E-state index in [1.54, 1.807) is 13.8 Å². The van der Waals surface area contributed by atoms with Gasteiger partial charge in [0, 0.05) is 26.2 Å². The Hall–Kier alpha value is -1.14. The summed E-state index contributed by atoms with van der Waals surface area (Å²) < 4.78 is 10.9. The second-order valence-electron chi connectivity index (χ2n) is 6.32. The van der Waals surface area contributed by atoms with Crippen molar-refractivity contribution in [1.29, 1.82) is 0 Å². The molecule has 1 aliphatic heterocycles. The Bertz CT molecular complexity index is 337. The van der Waals surface area contributed by atoms with Gasteiger partial charge < -0.3 is 19.9 Å². The van der Waals surface area contributed by atoms with Crippen LogP contribution in [0.15, 0.2) is 0 Å². The molecule has 0 aliphatic carbocycles. The highest BCUT2D eigenvalue weighted by molar-refractivity contribution is 5.77. The standard InChI is InChI=1S/C15H27NO5/c1-15(2,10-14(18)19)9-13(17)16-6-4-7-20-11-12-5-3-8-21-12/h12H,3-11H2,1-2H3,(H,16,17)(H,18,19). The van der Waals surface area contributed by atoms with E-state index < -0.39 is 11.4 Å². The quantitative estimate of drug-likeness (QED) is 0.598. The predicted octanol–water partition coefficient (Wildman–Crippen LogP) is 1.58. The summed E-state index contributed by atoms with van der Waals surface area (Å²) in [7, 11) is 0. The van der Waals surface area contributed by atoms with Gasteiger partial charge in [-0.1, -0.05) is 13.8 Å². The Labute approximate surface area is 126 Å². The third-order valence-electron chi connectivity index (χ3n) is 3.38. The third kappa shape index (κ3) is 8.67. The van der Waals surface area contributed by atoms with E-state index in [4.69, 9.17) is 14.6 Å². The van der Waals surface area contributed by atoms with E-state index in [0.717, 1.165) is 25.9 Å². The second-order valence-corrected chi connectivity index (χ2v) is 6.32. The lowest BCUT2D eigenvalue weighted by Crippen LogP contribution is -2.31. The highest BCUT2D eigenvalue weighted by atomic mass is 16.5. The number of hydrogen-bond donors (Lipinski definition) is 2. The summed E-state index contributed by atoms with van der Waals surface area (Å²) in [6.45, 7) is 6.17. The molecule has 1 aliphatic rings. The molecule has 1 fully saturated rings. The van der Waals surface area contributed by atoms with Gasteiger partial charge in [-0.05, 0) is 24.7 Å². The molecule has 6 heteroatoms. The van der Waals surface area contributed by atoms with E-state index >= 15 is 0 Å². The number of carboxylic acids is 1. The minimum absolute atomic E-state index is 0.00901. The lowest BCUT2D eigenvalue weighted by molar-refractivity contribution is -0.139. The van der Waals surface area contributed by atoms with E-state index in [-0.39, 0.29) is 24.9 Å². The van der Waals surface area contributed by atoms with Crippen LogP contribution in [-0.4, -0.2) is 49.5 Å². The molecule has 1 saturated heterocycles. The molecule has 1 amide bonds. The Kier molecular flexibility index (Phi) is 7.67. The van der Waals surface area contributed by atoms with Crippen molar-refractivity contribution < 1.29 is 24.2 Å². The molecular formula is C15H27NO5. The predicted molar refractivity (Wildman–Crippen MR) is 78.1 cm³/mol. The summed E-state index contributed by atoms with van der Waals surface area (Å²) in [4.78, 5) is 22.4. The summed E-state index contributed by atoms with van der Waals surface area (Å²) in [5, 5.41) is 11.6. The number of rotatable bonds is 10. The zero-order valence-corrected chi connectivity index (χ0v) is 13.0. The summed E-state index contributed by atoms with van der Waals surface area (Å²) in [5.41, 5.74) is -0.522. The lowest BCUT2D eigenvalue weighted by Gasteiger charge is -2.21. The monoisotopic (exact) mass is 301 g/mol. The van der Waals surface area contributed by atoms with Crippen molar-refractivity contribution in [2.75, 3.05) is 26.4 Å². The van der Waals surface area contributed by atoms with Crippen LogP contribution in [0.25, 0.3) is 0 Å². The number of carbonyl (C=O) groups is 2. The third-order valence-corrected chi connectivity index (χ3v) is 3.38. The first kappa shape index (κ1) is 17.9. The van der Waals surface area contributed by atoms with Crippen LogP contribution in [0.5, 0.6) is 0 Å². The minimum Gasteiger partial charge on any atom is -0.481 e. The molecule has 0 radical (unpaired) electrons. The number of nitrogens with one attached hydrogen (secondary N) is 1. The zero-order chi connectivity index (χ0) is 15.7. The van der Waals surface area contributed by atoms with Gasteiger partial charge in [0.25, 0.3) is 0 Å². The first-order valence-corrected chi connectivity index (χ1v) is 7.57. The van der Waals surface area contributed by atoms with Gasteiger partial charge in [0.05, 0.1) is 19.1 Å². The largest absolute Gasteiger partial charge is 0.481 e. The fraction of sp³-hybridized carbons (Fsp3) is 0.867. The molecule has 6 nitrogen and oxygen atoms in total. The van der Waals surface area contributed by atoms with Crippen molar-refractivity contribution in [1.82, 2.24) is 5.32 Å². The van der Waals surface area contributed by atoms with Crippen molar-refractivity contribution in [2.24, 2.45) is 5.41 Å². The second kappa shape index (κ2) is 9.00. The van der Waals surface area contributed by atoms with Crippen LogP contribution in [0.1, 0.15) is 46.0 Å². The molecule has 1 heterocycles. The molecule has 0 aromatic rings. The molecule has 1 unspecified atom stereocenters. The molecule has 0 aromatic carbocycles. The van der Waals surface area contributed by atoms with Gasteiger partial charge in [0.15, 0.2) is 0 Å². The van der Waals surface area contributed by atoms with E-state index in [2.05, 4.69) is 5.32 Å². The number of carboxylic acid groups (broad SMARTS) is 1. The van der Waals surface area contributed by atoms with Gasteiger partial charge >= 0.3 is 5.97 Å². The van der Waals surface area contributed by atoms with Crippen LogP contribution in [0.3, 0.4) is 0 Å². The maximum absolute atomic E-state index is 11.7. The maximum Gasteiger partial charge on any atom is 0.303 e. The van der Waals surface area contributed by atoms with Crippen LogP contribution < -0.4 is 5.32 Å². The first-order chi connectivity index (χ1) is 9.89. The van der Waals surface area contributed by atoms with E-state index in [9.17, 15) is 9.59 Å². The lowest BCUT2D eigenvalue weighted by atomic mass is 9.85. The summed E-state index contributed by atoms with van der Waals surface area (Å²) in [6.07, 6.45) is 3.36. The van der Waals surface area contributed by atoms with Crippen molar-refractivity contribution in [3.05, 3.63) is 0 Å². The molecule has 0 bridgehead atoms. The first-order valence-electron chi connectivity index (χ1n) is 7.57. The number of aliphatic carboxylic acids is 1. The molecule has 0 aromatic heterocycles. The molecule has 1 atom stereocenters. The van der Waals surface area contributed by atoms with Gasteiger partial charge in [-0.25, -0.2) is 0 Å². The smallest absolute Gasteiger partial charge is 0.303 e. The summed E-state index contributed by atoms with van der Waals surface area (Å²) in [5.74, 6) is -0.990.